The van der Waals surface area contributed by atoms with Gasteiger partial charge in [-0.25, -0.2) is 0 Å². The average Bonchev–Trinajstić information content (AvgIpc) is 1.72. The van der Waals surface area contributed by atoms with Gasteiger partial charge in [0.2, 0.25) is 0 Å². The van der Waals surface area contributed by atoms with Crippen molar-refractivity contribution in [1.29, 1.82) is 0 Å². The summed E-state index contributed by atoms with van der Waals surface area (Å²) in [6.45, 7) is 2.23. The molecule has 36 valence electrons. The first kappa shape index (κ1) is 7.30. The van der Waals surface area contributed by atoms with Gasteiger partial charge in [-0.15, -0.1) is 0 Å². The fourth-order valence-corrected chi connectivity index (χ4v) is 0.572. The Morgan fingerprint density at radius 2 is 2.29 bits per heavy atom. The van der Waals surface area contributed by atoms with Gasteiger partial charge in [-0.2, -0.15) is 0 Å². The summed E-state index contributed by atoms with van der Waals surface area (Å²) in [5.74, 6) is 0. The van der Waals surface area contributed by atoms with E-state index in [0.717, 1.165) is 13.1 Å². The third-order valence-electron chi connectivity index (χ3n) is 0.917. The molecule has 0 atom stereocenters. The Labute approximate surface area is 57.8 Å². The van der Waals surface area contributed by atoms with E-state index in [1.165, 1.54) is 6.42 Å². The van der Waals surface area contributed by atoms with Crippen molar-refractivity contribution in [2.75, 3.05) is 13.1 Å². The van der Waals surface area contributed by atoms with Crippen LogP contribution in [0.5, 0.6) is 0 Å². The predicted octanol–water partition coefficient (Wildman–Crippen LogP) is -2.35. The standard InChI is InChI=1S/C5H9N.Li.H/c1-2-4-6-5-3-1;;/h1-2,6H,3-5H2;;/q;+1;-1. The summed E-state index contributed by atoms with van der Waals surface area (Å²) < 4.78 is 0. The second kappa shape index (κ2) is 4.46. The largest absolute Gasteiger partial charge is 1.00 e. The van der Waals surface area contributed by atoms with Crippen LogP contribution in [-0.2, 0) is 0 Å². The van der Waals surface area contributed by atoms with Gasteiger partial charge in [-0.3, -0.25) is 0 Å². The first-order chi connectivity index (χ1) is 3.00. The first-order valence-corrected chi connectivity index (χ1v) is 2.36. The molecule has 0 radical (unpaired) electrons. The van der Waals surface area contributed by atoms with Crippen LogP contribution in [0.15, 0.2) is 12.2 Å². The minimum absolute atomic E-state index is 0. The van der Waals surface area contributed by atoms with Crippen LogP contribution in [0.3, 0.4) is 0 Å². The Kier molecular flexibility index (Phi) is 4.65. The summed E-state index contributed by atoms with van der Waals surface area (Å²) >= 11 is 0. The molecule has 0 saturated heterocycles. The summed E-state index contributed by atoms with van der Waals surface area (Å²) in [4.78, 5) is 0. The molecule has 0 aliphatic carbocycles. The number of rotatable bonds is 0. The predicted molar refractivity (Wildman–Crippen MR) is 27.7 cm³/mol. The molecule has 1 nitrogen and oxygen atoms in total. The van der Waals surface area contributed by atoms with E-state index in [4.69, 9.17) is 0 Å². The molecule has 0 amide bonds. The van der Waals surface area contributed by atoms with Crippen molar-refractivity contribution in [3.8, 4) is 0 Å². The van der Waals surface area contributed by atoms with Crippen molar-refractivity contribution < 1.29 is 20.3 Å². The minimum atomic E-state index is 0. The van der Waals surface area contributed by atoms with Gasteiger partial charge in [0.1, 0.15) is 0 Å². The Morgan fingerprint density at radius 1 is 1.43 bits per heavy atom. The molecule has 7 heavy (non-hydrogen) atoms. The molecular weight excluding hydrogens is 81.0 g/mol. The average molecular weight is 91.1 g/mol. The minimum Gasteiger partial charge on any atom is -1.00 e. The van der Waals surface area contributed by atoms with Gasteiger partial charge in [-0.05, 0) is 13.0 Å². The Balaban J connectivity index is 0. The van der Waals surface area contributed by atoms with Gasteiger partial charge in [-0.1, -0.05) is 12.2 Å². The number of hydrogen-bond donors (Lipinski definition) is 1. The van der Waals surface area contributed by atoms with E-state index < -0.39 is 0 Å². The van der Waals surface area contributed by atoms with Crippen molar-refractivity contribution in [1.82, 2.24) is 5.32 Å². The monoisotopic (exact) mass is 91.1 g/mol. The summed E-state index contributed by atoms with van der Waals surface area (Å²) in [6, 6.07) is 0. The molecule has 1 rings (SSSR count). The smallest absolute Gasteiger partial charge is 1.00 e. The maximum absolute atomic E-state index is 3.20. The molecule has 0 aromatic rings. The van der Waals surface area contributed by atoms with E-state index in [1.54, 1.807) is 0 Å². The molecule has 0 bridgehead atoms. The van der Waals surface area contributed by atoms with Gasteiger partial charge >= 0.3 is 18.9 Å². The van der Waals surface area contributed by atoms with E-state index in [0.29, 0.717) is 0 Å². The number of nitrogens with one attached hydrogen (secondary N) is 1. The summed E-state index contributed by atoms with van der Waals surface area (Å²) in [6.07, 6.45) is 5.57. The van der Waals surface area contributed by atoms with E-state index in [9.17, 15) is 0 Å². The normalized spacial score (nSPS) is 18.3. The second-order valence-corrected chi connectivity index (χ2v) is 1.46. The molecular formula is C5H10LiN. The van der Waals surface area contributed by atoms with Crippen molar-refractivity contribution in [3.05, 3.63) is 12.2 Å². The summed E-state index contributed by atoms with van der Waals surface area (Å²) in [5.41, 5.74) is 0. The molecule has 0 saturated carbocycles. The van der Waals surface area contributed by atoms with Gasteiger partial charge < -0.3 is 6.74 Å². The molecule has 0 spiro atoms. The van der Waals surface area contributed by atoms with E-state index in [-0.39, 0.29) is 20.3 Å². The van der Waals surface area contributed by atoms with Crippen molar-refractivity contribution >= 4 is 0 Å². The molecule has 2 heteroatoms. The fourth-order valence-electron chi connectivity index (χ4n) is 0.572. The van der Waals surface area contributed by atoms with E-state index >= 15 is 0 Å². The molecule has 0 aromatic heterocycles. The third-order valence-corrected chi connectivity index (χ3v) is 0.917. The fraction of sp³-hybridized carbons (Fsp3) is 0.600. The SMILES string of the molecule is C1=CCNCC1.[H-].[Li+]. The Bertz CT molecular complexity index is 57.4. The molecule has 1 aliphatic heterocycles. The van der Waals surface area contributed by atoms with Crippen molar-refractivity contribution in [2.24, 2.45) is 0 Å². The van der Waals surface area contributed by atoms with Crippen LogP contribution in [0.25, 0.3) is 0 Å². The Hall–Kier alpha value is 0.297. The van der Waals surface area contributed by atoms with Crippen LogP contribution < -0.4 is 24.2 Å². The van der Waals surface area contributed by atoms with Crippen LogP contribution in [-0.4, -0.2) is 13.1 Å². The Morgan fingerprint density at radius 3 is 2.43 bits per heavy atom. The van der Waals surface area contributed by atoms with E-state index in [1.807, 2.05) is 0 Å². The molecule has 1 heterocycles. The second-order valence-electron chi connectivity index (χ2n) is 1.46. The van der Waals surface area contributed by atoms with Crippen molar-refractivity contribution in [3.63, 3.8) is 0 Å². The van der Waals surface area contributed by atoms with Crippen LogP contribution in [0.2, 0.25) is 0 Å². The maximum atomic E-state index is 3.20. The van der Waals surface area contributed by atoms with Crippen LogP contribution in [0.1, 0.15) is 7.85 Å². The molecule has 1 aliphatic rings. The summed E-state index contributed by atoms with van der Waals surface area (Å²) in [5, 5.41) is 3.20. The quantitative estimate of drug-likeness (QED) is 0.260. The molecule has 0 aromatic carbocycles. The molecule has 1 N–H and O–H groups in total. The first-order valence-electron chi connectivity index (χ1n) is 2.36. The van der Waals surface area contributed by atoms with Crippen LogP contribution >= 0.6 is 0 Å². The van der Waals surface area contributed by atoms with Gasteiger partial charge in [0.05, 0.1) is 0 Å². The topological polar surface area (TPSA) is 12.0 Å². The third kappa shape index (κ3) is 2.93. The zero-order valence-electron chi connectivity index (χ0n) is 5.78. The summed E-state index contributed by atoms with van der Waals surface area (Å²) in [7, 11) is 0. The molecule has 0 fully saturated rings. The van der Waals surface area contributed by atoms with Crippen molar-refractivity contribution in [2.45, 2.75) is 6.42 Å². The zero-order chi connectivity index (χ0) is 4.24. The maximum Gasteiger partial charge on any atom is 1.00 e. The van der Waals surface area contributed by atoms with Crippen LogP contribution in [0, 0.1) is 0 Å². The van der Waals surface area contributed by atoms with Gasteiger partial charge in [0.15, 0.2) is 0 Å². The van der Waals surface area contributed by atoms with Gasteiger partial charge in [0.25, 0.3) is 0 Å². The zero-order valence-corrected chi connectivity index (χ0v) is 4.78. The van der Waals surface area contributed by atoms with Gasteiger partial charge in [0, 0.05) is 6.54 Å². The number of hydrogen-bond acceptors (Lipinski definition) is 1. The van der Waals surface area contributed by atoms with Crippen LogP contribution in [0.4, 0.5) is 0 Å². The molecule has 0 unspecified atom stereocenters. The van der Waals surface area contributed by atoms with E-state index in [2.05, 4.69) is 17.5 Å².